The number of imide groups is 1. The van der Waals surface area contributed by atoms with Crippen LogP contribution in [0.15, 0.2) is 77.6 Å². The van der Waals surface area contributed by atoms with Gasteiger partial charge in [-0.05, 0) is 56.1 Å². The largest absolute Gasteiger partial charge is 0.283 e. The van der Waals surface area contributed by atoms with Crippen LogP contribution in [0, 0.1) is 18.8 Å². The molecule has 5 heterocycles. The summed E-state index contributed by atoms with van der Waals surface area (Å²) >= 11 is 0. The molecule has 2 amide bonds. The van der Waals surface area contributed by atoms with Crippen molar-refractivity contribution in [3.63, 3.8) is 0 Å². The Balaban J connectivity index is 1.46. The summed E-state index contributed by atoms with van der Waals surface area (Å²) < 4.78 is 1.70. The van der Waals surface area contributed by atoms with Crippen LogP contribution >= 0.6 is 0 Å². The number of fused-ring (bicyclic) bond motifs is 11. The van der Waals surface area contributed by atoms with Gasteiger partial charge in [0.25, 0.3) is 5.56 Å². The quantitative estimate of drug-likeness (QED) is 0.383. The van der Waals surface area contributed by atoms with Gasteiger partial charge in [0.1, 0.15) is 11.4 Å². The van der Waals surface area contributed by atoms with Gasteiger partial charge < -0.3 is 0 Å². The molecule has 8 rings (SSSR count). The van der Waals surface area contributed by atoms with Crippen molar-refractivity contribution >= 4 is 28.4 Å². The van der Waals surface area contributed by atoms with E-state index in [1.165, 1.54) is 4.90 Å². The standard InChI is InChI=1S/C30H24N4O3/c1-17-9-2-6-13-21(17)33-27(36)24-23-15-8-16-32(23)30(25(24)28(33)37)19-11-4-7-14-22(19)34-26(35)18-10-3-5-12-20(18)31-29(30)34/h2-7,9-14,23-25H,8,15-16H2,1H3/t23-,24+,25+,30-/m1/s1. The molecule has 1 aromatic heterocycles. The minimum atomic E-state index is -0.976. The number of carbonyl (C=O) groups excluding carboxylic acids is 2. The lowest BCUT2D eigenvalue weighted by Gasteiger charge is -2.38. The van der Waals surface area contributed by atoms with Gasteiger partial charge in [0, 0.05) is 11.6 Å². The monoisotopic (exact) mass is 488 g/mol. The van der Waals surface area contributed by atoms with E-state index in [9.17, 15) is 14.4 Å². The number of hydrogen-bond donors (Lipinski definition) is 0. The maximum absolute atomic E-state index is 14.5. The molecule has 0 radical (unpaired) electrons. The van der Waals surface area contributed by atoms with Gasteiger partial charge in [-0.15, -0.1) is 0 Å². The first-order valence-electron chi connectivity index (χ1n) is 12.9. The average Bonchev–Trinajstić information content (AvgIpc) is 3.62. The number of benzene rings is 3. The van der Waals surface area contributed by atoms with E-state index in [0.717, 1.165) is 36.2 Å². The van der Waals surface area contributed by atoms with Gasteiger partial charge in [-0.2, -0.15) is 0 Å². The van der Waals surface area contributed by atoms with Crippen molar-refractivity contribution in [1.29, 1.82) is 0 Å². The summed E-state index contributed by atoms with van der Waals surface area (Å²) in [7, 11) is 0. The Bertz CT molecular complexity index is 1740. The van der Waals surface area contributed by atoms with E-state index >= 15 is 0 Å². The van der Waals surface area contributed by atoms with E-state index < -0.39 is 17.4 Å². The van der Waals surface area contributed by atoms with E-state index in [4.69, 9.17) is 4.98 Å². The number of hydrogen-bond acceptors (Lipinski definition) is 5. The molecule has 0 N–H and O–H groups in total. The molecule has 0 aliphatic carbocycles. The molecule has 4 aliphatic rings. The van der Waals surface area contributed by atoms with Crippen LogP contribution in [-0.2, 0) is 15.1 Å². The van der Waals surface area contributed by atoms with Crippen LogP contribution in [0.4, 0.5) is 5.69 Å². The summed E-state index contributed by atoms with van der Waals surface area (Å²) in [6, 6.07) is 22.6. The Kier molecular flexibility index (Phi) is 3.99. The summed E-state index contributed by atoms with van der Waals surface area (Å²) in [5.74, 6) is -0.934. The molecule has 4 atom stereocenters. The van der Waals surface area contributed by atoms with Gasteiger partial charge in [-0.3, -0.25) is 23.9 Å². The molecule has 3 aromatic carbocycles. The van der Waals surface area contributed by atoms with E-state index in [1.807, 2.05) is 73.7 Å². The highest BCUT2D eigenvalue weighted by Crippen LogP contribution is 2.62. The fraction of sp³-hybridized carbons (Fsp3) is 0.267. The molecule has 0 unspecified atom stereocenters. The van der Waals surface area contributed by atoms with E-state index in [2.05, 4.69) is 4.90 Å². The molecule has 7 heteroatoms. The molecular formula is C30H24N4O3. The zero-order chi connectivity index (χ0) is 25.1. The summed E-state index contributed by atoms with van der Waals surface area (Å²) in [4.78, 5) is 51.4. The van der Waals surface area contributed by atoms with Gasteiger partial charge in [-0.25, -0.2) is 9.88 Å². The fourth-order valence-corrected chi connectivity index (χ4v) is 7.67. The van der Waals surface area contributed by atoms with Crippen molar-refractivity contribution in [1.82, 2.24) is 14.5 Å². The number of aromatic nitrogens is 2. The highest BCUT2D eigenvalue weighted by molar-refractivity contribution is 6.23. The van der Waals surface area contributed by atoms with Crippen LogP contribution in [0.3, 0.4) is 0 Å². The van der Waals surface area contributed by atoms with E-state index in [1.54, 1.807) is 10.6 Å². The Labute approximate surface area is 213 Å². The first-order chi connectivity index (χ1) is 18.0. The predicted molar refractivity (Wildman–Crippen MR) is 138 cm³/mol. The van der Waals surface area contributed by atoms with Gasteiger partial charge in [0.2, 0.25) is 11.8 Å². The van der Waals surface area contributed by atoms with Crippen molar-refractivity contribution in [3.05, 3.63) is 100 Å². The lowest BCUT2D eigenvalue weighted by molar-refractivity contribution is -0.124. The number of aryl methyl sites for hydroxylation is 1. The maximum atomic E-state index is 14.5. The molecule has 4 aliphatic heterocycles. The minimum absolute atomic E-state index is 0.0848. The van der Waals surface area contributed by atoms with Gasteiger partial charge >= 0.3 is 0 Å². The second-order valence-electron chi connectivity index (χ2n) is 10.6. The molecule has 37 heavy (non-hydrogen) atoms. The Morgan fingerprint density at radius 2 is 1.59 bits per heavy atom. The predicted octanol–water partition coefficient (Wildman–Crippen LogP) is 3.53. The van der Waals surface area contributed by atoms with Crippen molar-refractivity contribution in [2.75, 3.05) is 11.4 Å². The SMILES string of the molecule is Cc1ccccc1N1C(=O)[C@H]2[C@H]3CCCN3[C@]3(c4ccccc4-n4c3nc3ccccc3c4=O)[C@@H]2C1=O. The number of rotatable bonds is 1. The third-order valence-corrected chi connectivity index (χ3v) is 9.00. The molecule has 0 saturated carbocycles. The van der Waals surface area contributed by atoms with Crippen molar-refractivity contribution in [2.45, 2.75) is 31.3 Å². The van der Waals surface area contributed by atoms with Crippen LogP contribution in [0.1, 0.15) is 29.8 Å². The third kappa shape index (κ3) is 2.32. The van der Waals surface area contributed by atoms with Crippen LogP contribution in [-0.4, -0.2) is 38.9 Å². The van der Waals surface area contributed by atoms with Crippen molar-refractivity contribution in [2.24, 2.45) is 11.8 Å². The van der Waals surface area contributed by atoms with Gasteiger partial charge in [0.15, 0.2) is 0 Å². The smallest absolute Gasteiger partial charge is 0.266 e. The lowest BCUT2D eigenvalue weighted by Crippen LogP contribution is -2.51. The molecular weight excluding hydrogens is 464 g/mol. The number of amides is 2. The Morgan fingerprint density at radius 1 is 0.865 bits per heavy atom. The Hall–Kier alpha value is -4.10. The number of para-hydroxylation sites is 3. The fourth-order valence-electron chi connectivity index (χ4n) is 7.67. The van der Waals surface area contributed by atoms with Crippen LogP contribution in [0.5, 0.6) is 0 Å². The summed E-state index contributed by atoms with van der Waals surface area (Å²) in [5, 5.41) is 0.543. The first kappa shape index (κ1) is 21.0. The van der Waals surface area contributed by atoms with Crippen LogP contribution in [0.25, 0.3) is 16.6 Å². The highest BCUT2D eigenvalue weighted by atomic mass is 16.2. The highest BCUT2D eigenvalue weighted by Gasteiger charge is 2.73. The number of nitrogens with zero attached hydrogens (tertiary/aromatic N) is 4. The van der Waals surface area contributed by atoms with Crippen LogP contribution < -0.4 is 10.5 Å². The first-order valence-corrected chi connectivity index (χ1v) is 12.9. The molecule has 1 spiro atoms. The third-order valence-electron chi connectivity index (χ3n) is 9.00. The molecule has 3 saturated heterocycles. The zero-order valence-electron chi connectivity index (χ0n) is 20.3. The van der Waals surface area contributed by atoms with Gasteiger partial charge in [0.05, 0.1) is 34.1 Å². The lowest BCUT2D eigenvalue weighted by atomic mass is 9.75. The average molecular weight is 489 g/mol. The van der Waals surface area contributed by atoms with E-state index in [-0.39, 0.29) is 23.4 Å². The van der Waals surface area contributed by atoms with Gasteiger partial charge in [-0.1, -0.05) is 48.5 Å². The number of anilines is 1. The molecule has 182 valence electrons. The summed E-state index contributed by atoms with van der Waals surface area (Å²) in [6.45, 7) is 2.68. The number of carbonyl (C=O) groups is 2. The zero-order valence-corrected chi connectivity index (χ0v) is 20.3. The van der Waals surface area contributed by atoms with Crippen molar-refractivity contribution < 1.29 is 9.59 Å². The normalized spacial score (nSPS) is 27.7. The summed E-state index contributed by atoms with van der Waals surface area (Å²) in [5.41, 5.74) is 2.66. The van der Waals surface area contributed by atoms with E-state index in [0.29, 0.717) is 22.4 Å². The molecule has 7 nitrogen and oxygen atoms in total. The molecule has 0 bridgehead atoms. The summed E-state index contributed by atoms with van der Waals surface area (Å²) in [6.07, 6.45) is 1.77. The Morgan fingerprint density at radius 3 is 2.43 bits per heavy atom. The molecule has 4 aromatic rings. The second kappa shape index (κ2) is 7.01. The maximum Gasteiger partial charge on any atom is 0.266 e. The molecule has 3 fully saturated rings. The van der Waals surface area contributed by atoms with Crippen LogP contribution in [0.2, 0.25) is 0 Å². The second-order valence-corrected chi connectivity index (χ2v) is 10.6. The minimum Gasteiger partial charge on any atom is -0.283 e. The van der Waals surface area contributed by atoms with Crippen molar-refractivity contribution in [3.8, 4) is 5.69 Å². The topological polar surface area (TPSA) is 75.5 Å².